The molecule has 0 saturated carbocycles. The van der Waals surface area contributed by atoms with Crippen molar-refractivity contribution in [2.75, 3.05) is 6.54 Å². The maximum atomic E-state index is 12.6. The Kier molecular flexibility index (Phi) is 5.40. The van der Waals surface area contributed by atoms with Crippen molar-refractivity contribution >= 4 is 29.5 Å². The van der Waals surface area contributed by atoms with E-state index in [0.717, 1.165) is 0 Å². The third-order valence-corrected chi connectivity index (χ3v) is 4.82. The van der Waals surface area contributed by atoms with Crippen molar-refractivity contribution in [3.8, 4) is 0 Å². The minimum Gasteiger partial charge on any atom is -0.368 e. The van der Waals surface area contributed by atoms with Crippen molar-refractivity contribution in [3.05, 3.63) is 17.7 Å². The number of nitrogens with zero attached hydrogens (tertiary/aromatic N) is 2. The summed E-state index contributed by atoms with van der Waals surface area (Å²) >= 11 is 0. The summed E-state index contributed by atoms with van der Waals surface area (Å²) in [6, 6.07) is -3.51. The maximum Gasteiger partial charge on any atom is 0.322 e. The molecule has 1 unspecified atom stereocenters. The predicted molar refractivity (Wildman–Crippen MR) is 93.6 cm³/mol. The predicted octanol–water partition coefficient (Wildman–Crippen LogP) is -2.46. The Morgan fingerprint density at radius 2 is 2.07 bits per heavy atom. The number of aromatic amines is 1. The van der Waals surface area contributed by atoms with Gasteiger partial charge in [-0.3, -0.25) is 24.5 Å². The highest BCUT2D eigenvalue weighted by molar-refractivity contribution is 6.08. The van der Waals surface area contributed by atoms with Gasteiger partial charge in [0.25, 0.3) is 0 Å². The van der Waals surface area contributed by atoms with Crippen LogP contribution in [0.4, 0.5) is 4.79 Å². The lowest BCUT2D eigenvalue weighted by Crippen LogP contribution is -2.55. The van der Waals surface area contributed by atoms with E-state index in [2.05, 4.69) is 15.3 Å². The molecule has 3 atom stereocenters. The average Bonchev–Trinajstić information content (AvgIpc) is 3.28. The van der Waals surface area contributed by atoms with Crippen LogP contribution in [-0.4, -0.2) is 69.1 Å². The van der Waals surface area contributed by atoms with Gasteiger partial charge < -0.3 is 26.7 Å². The minimum atomic E-state index is -1.05. The molecule has 12 heteroatoms. The number of carbonyl (C=O) groups is 5. The minimum absolute atomic E-state index is 0.00359. The second-order valence-corrected chi connectivity index (χ2v) is 6.77. The van der Waals surface area contributed by atoms with E-state index in [9.17, 15) is 24.0 Å². The number of nitrogens with two attached hydrogens (primary N) is 2. The highest BCUT2D eigenvalue weighted by atomic mass is 16.2. The summed E-state index contributed by atoms with van der Waals surface area (Å²) in [5.74, 6) is -2.16. The molecule has 2 saturated heterocycles. The molecule has 5 amide bonds. The number of carbonyl (C=O) groups excluding carboxylic acids is 5. The molecule has 3 rings (SSSR count). The zero-order valence-electron chi connectivity index (χ0n) is 14.9. The van der Waals surface area contributed by atoms with E-state index in [1.165, 1.54) is 11.2 Å². The fraction of sp³-hybridized carbons (Fsp3) is 0.500. The summed E-state index contributed by atoms with van der Waals surface area (Å²) in [5, 5.41) is 4.41. The number of primary amides is 1. The zero-order chi connectivity index (χ0) is 20.4. The number of hydrogen-bond donors (Lipinski definition) is 5. The Bertz CT molecular complexity index is 819. The zero-order valence-corrected chi connectivity index (χ0v) is 14.9. The number of urea groups is 1. The Morgan fingerprint density at radius 3 is 2.75 bits per heavy atom. The third-order valence-electron chi connectivity index (χ3n) is 4.82. The first-order chi connectivity index (χ1) is 13.3. The lowest BCUT2D eigenvalue weighted by molar-refractivity contribution is -0.138. The van der Waals surface area contributed by atoms with Crippen molar-refractivity contribution in [1.29, 1.82) is 0 Å². The van der Waals surface area contributed by atoms with Crippen molar-refractivity contribution in [3.63, 3.8) is 0 Å². The lowest BCUT2D eigenvalue weighted by Gasteiger charge is -2.25. The summed E-state index contributed by atoms with van der Waals surface area (Å²) in [7, 11) is 0. The SMILES string of the molecule is NC(=O)[C@@H]1CCCN1C(=O)[C@@H](N)Cc1[nH]cnc1C(=O)C1CC(=O)NC(=O)N1. The molecule has 0 bridgehead atoms. The summed E-state index contributed by atoms with van der Waals surface area (Å²) in [4.78, 5) is 67.7. The van der Waals surface area contributed by atoms with Crippen LogP contribution in [-0.2, 0) is 20.8 Å². The molecule has 1 aromatic heterocycles. The van der Waals surface area contributed by atoms with Crippen LogP contribution in [0.1, 0.15) is 35.4 Å². The topological polar surface area (TPSA) is 193 Å². The number of ketones is 1. The Morgan fingerprint density at radius 1 is 1.32 bits per heavy atom. The number of nitrogens with one attached hydrogen (secondary N) is 3. The van der Waals surface area contributed by atoms with Crippen LogP contribution in [0.5, 0.6) is 0 Å². The molecular weight excluding hydrogens is 370 g/mol. The number of Topliss-reactive ketones (excluding diaryl/α,β-unsaturated/α-hetero) is 1. The summed E-state index contributed by atoms with van der Waals surface area (Å²) < 4.78 is 0. The molecule has 7 N–H and O–H groups in total. The van der Waals surface area contributed by atoms with Gasteiger partial charge in [0.1, 0.15) is 17.8 Å². The van der Waals surface area contributed by atoms with E-state index in [4.69, 9.17) is 11.5 Å². The number of H-pyrrole nitrogens is 1. The van der Waals surface area contributed by atoms with Gasteiger partial charge in [0.2, 0.25) is 23.5 Å². The average molecular weight is 391 g/mol. The third kappa shape index (κ3) is 3.86. The van der Waals surface area contributed by atoms with Crippen LogP contribution in [0.15, 0.2) is 6.33 Å². The fourth-order valence-corrected chi connectivity index (χ4v) is 3.47. The number of imidazole rings is 1. The van der Waals surface area contributed by atoms with E-state index in [0.29, 0.717) is 25.1 Å². The van der Waals surface area contributed by atoms with E-state index < -0.39 is 47.7 Å². The molecule has 0 aliphatic carbocycles. The second kappa shape index (κ2) is 7.76. The largest absolute Gasteiger partial charge is 0.368 e. The normalized spacial score (nSPS) is 23.1. The van der Waals surface area contributed by atoms with Gasteiger partial charge in [0, 0.05) is 18.7 Å². The van der Waals surface area contributed by atoms with Gasteiger partial charge in [-0.15, -0.1) is 0 Å². The highest BCUT2D eigenvalue weighted by Crippen LogP contribution is 2.19. The number of aromatic nitrogens is 2. The quantitative estimate of drug-likeness (QED) is 0.332. The standard InChI is InChI=1S/C16H21N7O5/c17-7(15(27)23-3-1-2-10(23)14(18)26)4-8-12(20-6-19-8)13(25)9-5-11(24)22-16(28)21-9/h6-7,9-10H,1-5,17H2,(H2,18,26)(H,19,20)(H2,21,22,24,28)/t7-,9?,10-/m0/s1. The van der Waals surface area contributed by atoms with Gasteiger partial charge in [-0.25, -0.2) is 9.78 Å². The van der Waals surface area contributed by atoms with E-state index in [-0.39, 0.29) is 18.5 Å². The van der Waals surface area contributed by atoms with Gasteiger partial charge in [-0.05, 0) is 12.8 Å². The van der Waals surface area contributed by atoms with Gasteiger partial charge >= 0.3 is 6.03 Å². The molecule has 2 aliphatic heterocycles. The van der Waals surface area contributed by atoms with Gasteiger partial charge in [-0.1, -0.05) is 0 Å². The fourth-order valence-electron chi connectivity index (χ4n) is 3.47. The maximum absolute atomic E-state index is 12.6. The molecule has 28 heavy (non-hydrogen) atoms. The van der Waals surface area contributed by atoms with Crippen LogP contribution in [0.3, 0.4) is 0 Å². The van der Waals surface area contributed by atoms with Crippen molar-refractivity contribution in [1.82, 2.24) is 25.5 Å². The van der Waals surface area contributed by atoms with Crippen LogP contribution in [0.2, 0.25) is 0 Å². The smallest absolute Gasteiger partial charge is 0.322 e. The van der Waals surface area contributed by atoms with E-state index in [1.54, 1.807) is 0 Å². The first kappa shape index (κ1) is 19.5. The monoisotopic (exact) mass is 391 g/mol. The van der Waals surface area contributed by atoms with Crippen molar-refractivity contribution < 1.29 is 24.0 Å². The Labute approximate surface area is 159 Å². The Hall–Kier alpha value is -3.28. The first-order valence-corrected chi connectivity index (χ1v) is 8.80. The first-order valence-electron chi connectivity index (χ1n) is 8.80. The molecule has 0 aromatic carbocycles. The van der Waals surface area contributed by atoms with Crippen LogP contribution < -0.4 is 22.1 Å². The van der Waals surface area contributed by atoms with Gasteiger partial charge in [-0.2, -0.15) is 0 Å². The van der Waals surface area contributed by atoms with Gasteiger partial charge in [0.15, 0.2) is 0 Å². The molecule has 12 nitrogen and oxygen atoms in total. The van der Waals surface area contributed by atoms with Crippen LogP contribution in [0, 0.1) is 0 Å². The number of likely N-dealkylation sites (tertiary alicyclic amines) is 1. The van der Waals surface area contributed by atoms with Crippen molar-refractivity contribution in [2.45, 2.75) is 43.8 Å². The molecule has 0 spiro atoms. The lowest BCUT2D eigenvalue weighted by atomic mass is 10.0. The molecule has 2 fully saturated rings. The number of hydrogen-bond acceptors (Lipinski definition) is 7. The van der Waals surface area contributed by atoms with Crippen LogP contribution in [0.25, 0.3) is 0 Å². The molecule has 1 aromatic rings. The molecular formula is C16H21N7O5. The van der Waals surface area contributed by atoms with E-state index >= 15 is 0 Å². The molecule has 3 heterocycles. The Balaban J connectivity index is 1.70. The molecule has 0 radical (unpaired) electrons. The van der Waals surface area contributed by atoms with Crippen molar-refractivity contribution in [2.24, 2.45) is 11.5 Å². The van der Waals surface area contributed by atoms with E-state index in [1.807, 2.05) is 5.32 Å². The molecule has 150 valence electrons. The number of imide groups is 1. The van der Waals surface area contributed by atoms with Crippen LogP contribution >= 0.6 is 0 Å². The molecule has 2 aliphatic rings. The number of amides is 5. The van der Waals surface area contributed by atoms with Gasteiger partial charge in [0.05, 0.1) is 18.8 Å². The summed E-state index contributed by atoms with van der Waals surface area (Å²) in [5.41, 5.74) is 11.6. The number of rotatable bonds is 6. The summed E-state index contributed by atoms with van der Waals surface area (Å²) in [6.45, 7) is 0.387. The second-order valence-electron chi connectivity index (χ2n) is 6.77. The summed E-state index contributed by atoms with van der Waals surface area (Å²) in [6.07, 6.45) is 2.17. The highest BCUT2D eigenvalue weighted by Gasteiger charge is 2.36.